The summed E-state index contributed by atoms with van der Waals surface area (Å²) in [5.74, 6) is -10.0. The van der Waals surface area contributed by atoms with Crippen molar-refractivity contribution in [1.82, 2.24) is 0 Å². The fraction of sp³-hybridized carbons (Fsp3) is 0.381. The van der Waals surface area contributed by atoms with Crippen molar-refractivity contribution >= 4 is 5.97 Å². The molecule has 170 valence electrons. The van der Waals surface area contributed by atoms with Gasteiger partial charge in [0.1, 0.15) is 5.75 Å². The molecule has 10 heteroatoms. The highest BCUT2D eigenvalue weighted by Crippen LogP contribution is 2.38. The Balaban J connectivity index is 0.00000363. The molecule has 0 aromatic heterocycles. The molecule has 1 fully saturated rings. The lowest BCUT2D eigenvalue weighted by molar-refractivity contribution is -0.276. The van der Waals surface area contributed by atoms with Crippen LogP contribution in [0.4, 0.5) is 30.7 Å². The van der Waals surface area contributed by atoms with Crippen molar-refractivity contribution in [2.24, 2.45) is 5.92 Å². The number of ether oxygens (including phenoxy) is 2. The Kier molecular flexibility index (Phi) is 6.47. The van der Waals surface area contributed by atoms with Crippen LogP contribution in [0.1, 0.15) is 55.9 Å². The highest BCUT2D eigenvalue weighted by atomic mass is 19.4. The first-order valence-corrected chi connectivity index (χ1v) is 9.41. The van der Waals surface area contributed by atoms with Gasteiger partial charge in [-0.15, -0.1) is 13.2 Å². The number of benzene rings is 2. The molecule has 1 aliphatic rings. The van der Waals surface area contributed by atoms with E-state index in [0.717, 1.165) is 18.9 Å². The first-order chi connectivity index (χ1) is 14.5. The Morgan fingerprint density at radius 1 is 0.968 bits per heavy atom. The lowest BCUT2D eigenvalue weighted by atomic mass is 9.79. The third-order valence-electron chi connectivity index (χ3n) is 5.19. The van der Waals surface area contributed by atoms with Gasteiger partial charge in [0.2, 0.25) is 5.75 Å². The number of halogens is 7. The molecular weight excluding hydrogens is 433 g/mol. The minimum absolute atomic E-state index is 0. The van der Waals surface area contributed by atoms with Crippen LogP contribution in [0, 0.1) is 29.2 Å². The summed E-state index contributed by atoms with van der Waals surface area (Å²) in [6.45, 7) is 2.07. The molecule has 3 nitrogen and oxygen atoms in total. The second-order valence-electron chi connectivity index (χ2n) is 7.44. The largest absolute Gasteiger partial charge is 0.573 e. The van der Waals surface area contributed by atoms with E-state index in [4.69, 9.17) is 0 Å². The summed E-state index contributed by atoms with van der Waals surface area (Å²) in [5, 5.41) is 0. The number of esters is 1. The van der Waals surface area contributed by atoms with Crippen LogP contribution in [0.15, 0.2) is 24.3 Å². The Bertz CT molecular complexity index is 963. The van der Waals surface area contributed by atoms with Crippen LogP contribution < -0.4 is 9.47 Å². The maximum absolute atomic E-state index is 14.6. The zero-order chi connectivity index (χ0) is 22.9. The standard InChI is InChI=1S/C21H17F7O3.H2/c1-10-2-4-11(5-3-10)13-6-7-14(18(25)17(13)24)20(29)30-12-8-15(22)19(16(23)9-12)31-21(26,27)28;/h6-11H,2-5H2,1H3;1H. The predicted octanol–water partition coefficient (Wildman–Crippen LogP) is 6.90. The smallest absolute Gasteiger partial charge is 0.423 e. The Hall–Kier alpha value is -2.78. The molecule has 0 heterocycles. The number of rotatable bonds is 4. The van der Waals surface area contributed by atoms with Crippen LogP contribution in [0.2, 0.25) is 0 Å². The van der Waals surface area contributed by atoms with Crippen molar-refractivity contribution in [3.05, 3.63) is 58.7 Å². The van der Waals surface area contributed by atoms with Crippen molar-refractivity contribution in [3.8, 4) is 11.5 Å². The van der Waals surface area contributed by atoms with Gasteiger partial charge >= 0.3 is 12.3 Å². The van der Waals surface area contributed by atoms with E-state index in [2.05, 4.69) is 16.4 Å². The molecule has 0 saturated heterocycles. The normalized spacial score (nSPS) is 19.2. The van der Waals surface area contributed by atoms with Gasteiger partial charge in [0.05, 0.1) is 5.56 Å². The first kappa shape index (κ1) is 22.9. The Labute approximate surface area is 174 Å². The number of hydrogen-bond acceptors (Lipinski definition) is 3. The summed E-state index contributed by atoms with van der Waals surface area (Å²) in [6.07, 6.45) is -2.28. The minimum atomic E-state index is -5.35. The predicted molar refractivity (Wildman–Crippen MR) is 96.8 cm³/mol. The maximum atomic E-state index is 14.6. The fourth-order valence-electron chi connectivity index (χ4n) is 3.58. The molecule has 0 radical (unpaired) electrons. The average Bonchev–Trinajstić information content (AvgIpc) is 2.67. The zero-order valence-electron chi connectivity index (χ0n) is 16.2. The van der Waals surface area contributed by atoms with E-state index in [9.17, 15) is 35.5 Å². The summed E-state index contributed by atoms with van der Waals surface area (Å²) in [4.78, 5) is 12.2. The van der Waals surface area contributed by atoms with Gasteiger partial charge in [0, 0.05) is 13.6 Å². The van der Waals surface area contributed by atoms with Crippen molar-refractivity contribution in [1.29, 1.82) is 0 Å². The van der Waals surface area contributed by atoms with Gasteiger partial charge in [-0.25, -0.2) is 22.4 Å². The zero-order valence-corrected chi connectivity index (χ0v) is 16.2. The van der Waals surface area contributed by atoms with E-state index in [0.29, 0.717) is 18.8 Å². The quantitative estimate of drug-likeness (QED) is 0.288. The molecule has 2 aromatic carbocycles. The Morgan fingerprint density at radius 2 is 1.55 bits per heavy atom. The SMILES string of the molecule is CC1CCC(c2ccc(C(=O)Oc3cc(F)c(OC(F)(F)F)c(F)c3)c(F)c2F)CC1.[HH]. The lowest BCUT2D eigenvalue weighted by Crippen LogP contribution is -2.19. The van der Waals surface area contributed by atoms with Gasteiger partial charge in [-0.1, -0.05) is 25.8 Å². The molecule has 31 heavy (non-hydrogen) atoms. The molecule has 0 amide bonds. The van der Waals surface area contributed by atoms with Crippen molar-refractivity contribution < 1.29 is 46.4 Å². The summed E-state index contributed by atoms with van der Waals surface area (Å²) in [6, 6.07) is 2.78. The average molecular weight is 452 g/mol. The van der Waals surface area contributed by atoms with Gasteiger partial charge in [0.25, 0.3) is 0 Å². The summed E-state index contributed by atoms with van der Waals surface area (Å²) < 4.78 is 101. The summed E-state index contributed by atoms with van der Waals surface area (Å²) in [5.41, 5.74) is -0.687. The van der Waals surface area contributed by atoms with Crippen molar-refractivity contribution in [2.75, 3.05) is 0 Å². The van der Waals surface area contributed by atoms with Crippen LogP contribution in [0.25, 0.3) is 0 Å². The maximum Gasteiger partial charge on any atom is 0.573 e. The monoisotopic (exact) mass is 452 g/mol. The van der Waals surface area contributed by atoms with E-state index < -0.39 is 52.7 Å². The molecule has 0 N–H and O–H groups in total. The summed E-state index contributed by atoms with van der Waals surface area (Å²) >= 11 is 0. The van der Waals surface area contributed by atoms with Crippen LogP contribution in [-0.2, 0) is 0 Å². The van der Waals surface area contributed by atoms with Gasteiger partial charge in [-0.05, 0) is 36.3 Å². The molecule has 1 aliphatic carbocycles. The number of alkyl halides is 3. The van der Waals surface area contributed by atoms with Crippen LogP contribution >= 0.6 is 0 Å². The fourth-order valence-corrected chi connectivity index (χ4v) is 3.58. The van der Waals surface area contributed by atoms with Crippen LogP contribution in [0.5, 0.6) is 11.5 Å². The number of hydrogen-bond donors (Lipinski definition) is 0. The third-order valence-corrected chi connectivity index (χ3v) is 5.19. The highest BCUT2D eigenvalue weighted by Gasteiger charge is 2.34. The molecular formula is C21H19F7O3. The lowest BCUT2D eigenvalue weighted by Gasteiger charge is -2.27. The van der Waals surface area contributed by atoms with Gasteiger partial charge < -0.3 is 9.47 Å². The van der Waals surface area contributed by atoms with Gasteiger partial charge in [-0.2, -0.15) is 0 Å². The molecule has 0 aliphatic heterocycles. The van der Waals surface area contributed by atoms with E-state index in [1.54, 1.807) is 0 Å². The Morgan fingerprint density at radius 3 is 2.10 bits per heavy atom. The van der Waals surface area contributed by atoms with E-state index in [-0.39, 0.29) is 25.0 Å². The van der Waals surface area contributed by atoms with E-state index in [1.807, 2.05) is 0 Å². The number of carbonyl (C=O) groups excluding carboxylic acids is 1. The topological polar surface area (TPSA) is 35.5 Å². The van der Waals surface area contributed by atoms with E-state index in [1.165, 1.54) is 6.07 Å². The third kappa shape index (κ3) is 5.29. The number of carbonyl (C=O) groups is 1. The molecule has 1 saturated carbocycles. The molecule has 0 atom stereocenters. The molecule has 0 bridgehead atoms. The second-order valence-corrected chi connectivity index (χ2v) is 7.44. The molecule has 0 unspecified atom stereocenters. The van der Waals surface area contributed by atoms with Crippen LogP contribution in [0.3, 0.4) is 0 Å². The highest BCUT2D eigenvalue weighted by molar-refractivity contribution is 5.91. The molecule has 3 rings (SSSR count). The second kappa shape index (κ2) is 8.76. The van der Waals surface area contributed by atoms with E-state index >= 15 is 0 Å². The van der Waals surface area contributed by atoms with Gasteiger partial charge in [-0.3, -0.25) is 0 Å². The molecule has 2 aromatic rings. The molecule has 0 spiro atoms. The van der Waals surface area contributed by atoms with Crippen LogP contribution in [-0.4, -0.2) is 12.3 Å². The van der Waals surface area contributed by atoms with Gasteiger partial charge in [0.15, 0.2) is 23.3 Å². The summed E-state index contributed by atoms with van der Waals surface area (Å²) in [7, 11) is 0. The minimum Gasteiger partial charge on any atom is -0.423 e. The van der Waals surface area contributed by atoms with Crippen molar-refractivity contribution in [2.45, 2.75) is 44.9 Å². The van der Waals surface area contributed by atoms with Crippen molar-refractivity contribution in [3.63, 3.8) is 0 Å². The first-order valence-electron chi connectivity index (χ1n) is 9.41.